The summed E-state index contributed by atoms with van der Waals surface area (Å²) in [6.07, 6.45) is 33.0. The molecule has 306 valence electrons. The maximum Gasteiger partial charge on any atom is 0.0541 e. The fraction of sp³-hybridized carbons (Fsp3) is 0.0847. The highest BCUT2D eigenvalue weighted by Crippen LogP contribution is 2.38. The molecule has 4 nitrogen and oxygen atoms in total. The van der Waals surface area contributed by atoms with Crippen LogP contribution in [0.4, 0.5) is 5.69 Å². The predicted octanol–water partition coefficient (Wildman–Crippen LogP) is 15.5. The number of hydrogen-bond acceptors (Lipinski definition) is 1. The lowest BCUT2D eigenvalue weighted by Crippen LogP contribution is -2.20. The first kappa shape index (κ1) is 39.3. The van der Waals surface area contributed by atoms with Gasteiger partial charge in [0, 0.05) is 73.5 Å². The zero-order chi connectivity index (χ0) is 42.9. The van der Waals surface area contributed by atoms with Crippen LogP contribution in [0.15, 0.2) is 219 Å². The van der Waals surface area contributed by atoms with Crippen molar-refractivity contribution in [1.29, 1.82) is 0 Å². The lowest BCUT2D eigenvalue weighted by molar-refractivity contribution is 1.03. The summed E-state index contributed by atoms with van der Waals surface area (Å²) in [5.74, 6) is 0. The Kier molecular flexibility index (Phi) is 10.6. The number of fused-ring (bicyclic) bond motifs is 6. The number of aromatic nitrogens is 3. The number of rotatable bonds is 11. The molecule has 3 aromatic heterocycles. The van der Waals surface area contributed by atoms with Crippen LogP contribution in [0.1, 0.15) is 42.3 Å². The summed E-state index contributed by atoms with van der Waals surface area (Å²) < 4.78 is 7.17. The average Bonchev–Trinajstić information content (AvgIpc) is 3.73. The normalized spacial score (nSPS) is 14.4. The molecule has 4 heteroatoms. The van der Waals surface area contributed by atoms with E-state index in [-0.39, 0.29) is 0 Å². The first-order valence-electron chi connectivity index (χ1n) is 22.0. The van der Waals surface area contributed by atoms with Crippen LogP contribution < -0.4 is 4.90 Å². The summed E-state index contributed by atoms with van der Waals surface area (Å²) in [5.41, 5.74) is 16.5. The molecule has 0 N–H and O–H groups in total. The maximum absolute atomic E-state index is 3.98. The third-order valence-corrected chi connectivity index (χ3v) is 12.5. The molecule has 3 heterocycles. The van der Waals surface area contributed by atoms with Crippen LogP contribution >= 0.6 is 0 Å². The summed E-state index contributed by atoms with van der Waals surface area (Å²) in [6, 6.07) is 43.9. The van der Waals surface area contributed by atoms with Gasteiger partial charge in [0.25, 0.3) is 0 Å². The van der Waals surface area contributed by atoms with E-state index in [1.165, 1.54) is 66.1 Å². The van der Waals surface area contributed by atoms with Crippen molar-refractivity contribution in [3.63, 3.8) is 0 Å². The number of nitrogens with zero attached hydrogens (tertiary/aromatic N) is 4. The molecule has 0 bridgehead atoms. The van der Waals surface area contributed by atoms with Gasteiger partial charge in [0.1, 0.15) is 0 Å². The largest absolute Gasteiger partial charge is 0.314 e. The van der Waals surface area contributed by atoms with Crippen molar-refractivity contribution in [3.8, 4) is 5.69 Å². The van der Waals surface area contributed by atoms with Gasteiger partial charge in [0.15, 0.2) is 0 Å². The Hall–Kier alpha value is -7.82. The number of anilines is 1. The van der Waals surface area contributed by atoms with Gasteiger partial charge in [-0.15, -0.1) is 0 Å². The van der Waals surface area contributed by atoms with Crippen LogP contribution in [0, 0.1) is 6.92 Å². The number of benzene rings is 5. The SMILES string of the molecule is C=C/C=C\c1c(C)c(CC)c(/C=C\C=C)n1C1=CC=C(N(C2=CCC=C(n3c4ccccc4c4ccccc43)C=C2)c2ccc(-n3c4ccccc4c4ccccc43)cc2)CC=C1. The van der Waals surface area contributed by atoms with Crippen LogP contribution in [0.5, 0.6) is 0 Å². The van der Waals surface area contributed by atoms with Crippen molar-refractivity contribution in [2.24, 2.45) is 0 Å². The Morgan fingerprint density at radius 1 is 0.571 bits per heavy atom. The van der Waals surface area contributed by atoms with Gasteiger partial charge in [0.2, 0.25) is 0 Å². The smallest absolute Gasteiger partial charge is 0.0541 e. The maximum atomic E-state index is 3.98. The molecule has 0 saturated carbocycles. The Labute approximate surface area is 370 Å². The van der Waals surface area contributed by atoms with Gasteiger partial charge in [-0.05, 0) is 122 Å². The van der Waals surface area contributed by atoms with Gasteiger partial charge in [-0.25, -0.2) is 0 Å². The molecule has 5 aromatic carbocycles. The Morgan fingerprint density at radius 3 is 1.70 bits per heavy atom. The third-order valence-electron chi connectivity index (χ3n) is 12.5. The molecule has 0 atom stereocenters. The highest BCUT2D eigenvalue weighted by atomic mass is 15.2. The molecule has 0 spiro atoms. The van der Waals surface area contributed by atoms with Crippen molar-refractivity contribution < 1.29 is 0 Å². The van der Waals surface area contributed by atoms with Crippen LogP contribution in [0.3, 0.4) is 0 Å². The van der Waals surface area contributed by atoms with E-state index >= 15 is 0 Å². The fourth-order valence-electron chi connectivity index (χ4n) is 9.69. The Morgan fingerprint density at radius 2 is 1.13 bits per heavy atom. The minimum atomic E-state index is 0.740. The second kappa shape index (κ2) is 16.9. The molecule has 2 aliphatic rings. The zero-order valence-electron chi connectivity index (χ0n) is 36.0. The van der Waals surface area contributed by atoms with E-state index in [2.05, 4.69) is 228 Å². The first-order valence-corrected chi connectivity index (χ1v) is 22.0. The highest BCUT2D eigenvalue weighted by molar-refractivity contribution is 6.11. The zero-order valence-corrected chi connectivity index (χ0v) is 36.0. The molecule has 0 unspecified atom stereocenters. The topological polar surface area (TPSA) is 18.0 Å². The van der Waals surface area contributed by atoms with Crippen LogP contribution in [-0.2, 0) is 6.42 Å². The molecule has 0 fully saturated rings. The molecule has 8 aromatic rings. The summed E-state index contributed by atoms with van der Waals surface area (Å²) in [7, 11) is 0. The van der Waals surface area contributed by atoms with Crippen molar-refractivity contribution in [3.05, 3.63) is 241 Å². The number of para-hydroxylation sites is 4. The fourth-order valence-corrected chi connectivity index (χ4v) is 9.69. The van der Waals surface area contributed by atoms with Gasteiger partial charge in [-0.3, -0.25) is 0 Å². The van der Waals surface area contributed by atoms with Gasteiger partial charge >= 0.3 is 0 Å². The molecule has 0 saturated heterocycles. The molecule has 63 heavy (non-hydrogen) atoms. The van der Waals surface area contributed by atoms with Gasteiger partial charge in [0.05, 0.1) is 22.1 Å². The molecular weight excluding hydrogens is 765 g/mol. The molecule has 10 rings (SSSR count). The Balaban J connectivity index is 1.10. The second-order valence-corrected chi connectivity index (χ2v) is 16.0. The van der Waals surface area contributed by atoms with Gasteiger partial charge in [-0.2, -0.15) is 0 Å². The summed E-state index contributed by atoms with van der Waals surface area (Å²) in [6.45, 7) is 12.4. The van der Waals surface area contributed by atoms with E-state index in [0.717, 1.165) is 53.4 Å². The first-order chi connectivity index (χ1) is 31.1. The quantitative estimate of drug-likeness (QED) is 0.119. The molecule has 0 radical (unpaired) electrons. The van der Waals surface area contributed by atoms with E-state index in [0.29, 0.717) is 0 Å². The standard InChI is InChI=1S/C59H50N4/c1-5-8-28-54-42(4)49(7-3)55(29-9-6-2)61(54)45-22-18-20-43(34-36-45)60(47-38-40-48(41-39-47)63-58-32-16-12-26-52(58)53-27-13-17-33-59(53)63)44-21-19-23-46(37-35-44)62-56-30-14-10-24-50(56)51-25-11-15-31-57(51)62/h5-6,8-18,21-41H,1-2,7,19-20H2,3-4H3/b28-8-,29-9-. The molecule has 0 aliphatic heterocycles. The molecular formula is C59H50N4. The minimum absolute atomic E-state index is 0.740. The van der Waals surface area contributed by atoms with Crippen LogP contribution in [0.25, 0.3) is 72.8 Å². The van der Waals surface area contributed by atoms with E-state index < -0.39 is 0 Å². The summed E-state index contributed by atoms with van der Waals surface area (Å²) >= 11 is 0. The van der Waals surface area contributed by atoms with E-state index in [9.17, 15) is 0 Å². The number of hydrogen-bond donors (Lipinski definition) is 0. The third kappa shape index (κ3) is 6.90. The van der Waals surface area contributed by atoms with Crippen LogP contribution in [-0.4, -0.2) is 13.7 Å². The average molecular weight is 815 g/mol. The Bertz CT molecular complexity index is 3250. The van der Waals surface area contributed by atoms with Gasteiger partial charge < -0.3 is 18.6 Å². The summed E-state index contributed by atoms with van der Waals surface area (Å²) in [4.78, 5) is 2.44. The molecule has 0 amide bonds. The van der Waals surface area contributed by atoms with E-state index in [4.69, 9.17) is 0 Å². The van der Waals surface area contributed by atoms with Crippen molar-refractivity contribution in [1.82, 2.24) is 13.7 Å². The van der Waals surface area contributed by atoms with Crippen molar-refractivity contribution in [2.45, 2.75) is 33.1 Å². The monoisotopic (exact) mass is 814 g/mol. The highest BCUT2D eigenvalue weighted by Gasteiger charge is 2.22. The van der Waals surface area contributed by atoms with E-state index in [1.54, 1.807) is 0 Å². The second-order valence-electron chi connectivity index (χ2n) is 16.0. The minimum Gasteiger partial charge on any atom is -0.314 e. The van der Waals surface area contributed by atoms with Crippen molar-refractivity contribution in [2.75, 3.05) is 4.90 Å². The van der Waals surface area contributed by atoms with Gasteiger partial charge in [-0.1, -0.05) is 135 Å². The lowest BCUT2D eigenvalue weighted by atomic mass is 10.1. The predicted molar refractivity (Wildman–Crippen MR) is 272 cm³/mol. The number of allylic oxidation sites excluding steroid dienone is 14. The molecule has 2 aliphatic carbocycles. The lowest BCUT2D eigenvalue weighted by Gasteiger charge is -2.28. The van der Waals surface area contributed by atoms with E-state index in [1.807, 2.05) is 24.3 Å². The summed E-state index contributed by atoms with van der Waals surface area (Å²) in [5, 5.41) is 5.04. The van der Waals surface area contributed by atoms with Crippen molar-refractivity contribution >= 4 is 72.8 Å². The van der Waals surface area contributed by atoms with Crippen LogP contribution in [0.2, 0.25) is 0 Å².